The quantitative estimate of drug-likeness (QED) is 0.674. The number of nitrogens with one attached hydrogen (secondary N) is 1. The Hall–Kier alpha value is -2.32. The predicted molar refractivity (Wildman–Crippen MR) is 78.7 cm³/mol. The highest BCUT2D eigenvalue weighted by atomic mass is 14.9. The maximum absolute atomic E-state index is 3.45. The summed E-state index contributed by atoms with van der Waals surface area (Å²) in [6, 6.07) is 25.0. The van der Waals surface area contributed by atoms with E-state index in [0.717, 1.165) is 11.4 Å². The third-order valence-electron chi connectivity index (χ3n) is 2.84. The van der Waals surface area contributed by atoms with Gasteiger partial charge in [-0.05, 0) is 23.6 Å². The number of fused-ring (bicyclic) bond motifs is 1. The number of hydrogen-bond acceptors (Lipinski definition) is 2. The third kappa shape index (κ3) is 2.34. The summed E-state index contributed by atoms with van der Waals surface area (Å²) in [6.45, 7) is 0. The van der Waals surface area contributed by atoms with Crippen LogP contribution in [-0.4, -0.2) is 0 Å². The van der Waals surface area contributed by atoms with Gasteiger partial charge in [0.25, 0.3) is 0 Å². The summed E-state index contributed by atoms with van der Waals surface area (Å²) >= 11 is 0. The first kappa shape index (κ1) is 12.1. The topological polar surface area (TPSA) is 47.0 Å². The van der Waals surface area contributed by atoms with Gasteiger partial charge in [-0.1, -0.05) is 54.6 Å². The third-order valence-corrected chi connectivity index (χ3v) is 2.84. The molecule has 0 radical (unpaired) electrons. The molecule has 3 aromatic rings. The lowest BCUT2D eigenvalue weighted by atomic mass is 10.1. The van der Waals surface area contributed by atoms with Gasteiger partial charge in [0, 0.05) is 16.8 Å². The van der Waals surface area contributed by atoms with Crippen molar-refractivity contribution in [1.29, 1.82) is 0 Å². The fraction of sp³-hybridized carbons (Fsp3) is 0. The van der Waals surface area contributed by atoms with Gasteiger partial charge in [0.1, 0.15) is 0 Å². The molecule has 2 heteroatoms. The van der Waals surface area contributed by atoms with Crippen molar-refractivity contribution in [3.05, 3.63) is 72.8 Å². The first-order valence-corrected chi connectivity index (χ1v) is 5.73. The molecule has 18 heavy (non-hydrogen) atoms. The highest BCUT2D eigenvalue weighted by Gasteiger charge is 1.99. The van der Waals surface area contributed by atoms with Crippen molar-refractivity contribution >= 4 is 22.1 Å². The van der Waals surface area contributed by atoms with Gasteiger partial charge in [-0.25, -0.2) is 0 Å². The molecule has 0 saturated heterocycles. The second-order valence-corrected chi connectivity index (χ2v) is 4.02. The Labute approximate surface area is 107 Å². The van der Waals surface area contributed by atoms with Crippen LogP contribution in [0.2, 0.25) is 0 Å². The van der Waals surface area contributed by atoms with Crippen LogP contribution in [0.25, 0.3) is 10.8 Å². The van der Waals surface area contributed by atoms with Crippen LogP contribution in [-0.2, 0) is 0 Å². The second-order valence-electron chi connectivity index (χ2n) is 4.02. The Morgan fingerprint density at radius 2 is 1.28 bits per heavy atom. The van der Waals surface area contributed by atoms with Gasteiger partial charge in [-0.2, -0.15) is 0 Å². The lowest BCUT2D eigenvalue weighted by Crippen LogP contribution is -1.90. The first-order chi connectivity index (χ1) is 8.43. The maximum Gasteiger partial charge on any atom is 0.0463 e. The summed E-state index contributed by atoms with van der Waals surface area (Å²) in [5.74, 6) is 0. The van der Waals surface area contributed by atoms with Crippen LogP contribution in [0.4, 0.5) is 11.4 Å². The molecule has 90 valence electrons. The summed E-state index contributed by atoms with van der Waals surface area (Å²) in [6.07, 6.45) is 0. The zero-order valence-electron chi connectivity index (χ0n) is 10.1. The molecule has 0 saturated carbocycles. The summed E-state index contributed by atoms with van der Waals surface area (Å²) in [5, 5.41) is 5.95. The Morgan fingerprint density at radius 3 is 2.11 bits per heavy atom. The highest BCUT2D eigenvalue weighted by Crippen LogP contribution is 2.25. The molecule has 0 amide bonds. The van der Waals surface area contributed by atoms with Crippen molar-refractivity contribution in [3.8, 4) is 0 Å². The highest BCUT2D eigenvalue weighted by molar-refractivity contribution is 5.95. The molecule has 0 aliphatic rings. The van der Waals surface area contributed by atoms with E-state index in [1.165, 1.54) is 10.8 Å². The van der Waals surface area contributed by atoms with E-state index in [1.807, 2.05) is 18.2 Å². The molecule has 0 aromatic heterocycles. The molecule has 0 atom stereocenters. The van der Waals surface area contributed by atoms with Gasteiger partial charge in [-0.15, -0.1) is 0 Å². The van der Waals surface area contributed by atoms with Crippen molar-refractivity contribution < 1.29 is 0 Å². The molecular formula is C16H16N2. The number of rotatable bonds is 2. The van der Waals surface area contributed by atoms with Crippen LogP contribution in [0.5, 0.6) is 0 Å². The van der Waals surface area contributed by atoms with E-state index >= 15 is 0 Å². The number of benzene rings is 3. The molecule has 0 bridgehead atoms. The Balaban J connectivity index is 0.00000120. The molecule has 4 N–H and O–H groups in total. The molecule has 0 spiro atoms. The van der Waals surface area contributed by atoms with E-state index in [-0.39, 0.29) is 6.15 Å². The van der Waals surface area contributed by atoms with E-state index in [9.17, 15) is 0 Å². The molecule has 0 heterocycles. The molecule has 0 aliphatic carbocycles. The standard InChI is InChI=1S/C16H13N.H3N/c1-2-9-14(10-3-1)17-16-12-6-8-13-7-4-5-11-15(13)16;/h1-12,17H;1H3. The SMILES string of the molecule is N.c1ccc(Nc2cccc3ccccc23)cc1. The summed E-state index contributed by atoms with van der Waals surface area (Å²) in [5.41, 5.74) is 2.26. The summed E-state index contributed by atoms with van der Waals surface area (Å²) < 4.78 is 0. The molecular weight excluding hydrogens is 220 g/mol. The van der Waals surface area contributed by atoms with Crippen LogP contribution in [0, 0.1) is 0 Å². The van der Waals surface area contributed by atoms with E-state index in [1.54, 1.807) is 0 Å². The minimum atomic E-state index is 0. The molecule has 0 fully saturated rings. The van der Waals surface area contributed by atoms with E-state index in [2.05, 4.69) is 59.9 Å². The first-order valence-electron chi connectivity index (χ1n) is 5.73. The predicted octanol–water partition coefficient (Wildman–Crippen LogP) is 4.75. The van der Waals surface area contributed by atoms with Gasteiger partial charge in [0.2, 0.25) is 0 Å². The van der Waals surface area contributed by atoms with Crippen molar-refractivity contribution in [2.45, 2.75) is 0 Å². The molecule has 3 rings (SSSR count). The normalized spacial score (nSPS) is 9.78. The van der Waals surface area contributed by atoms with Crippen molar-refractivity contribution in [3.63, 3.8) is 0 Å². The zero-order valence-corrected chi connectivity index (χ0v) is 10.1. The van der Waals surface area contributed by atoms with E-state index < -0.39 is 0 Å². The van der Waals surface area contributed by atoms with Crippen LogP contribution < -0.4 is 11.5 Å². The van der Waals surface area contributed by atoms with Gasteiger partial charge in [0.15, 0.2) is 0 Å². The molecule has 3 aromatic carbocycles. The van der Waals surface area contributed by atoms with Gasteiger partial charge >= 0.3 is 0 Å². The molecule has 0 unspecified atom stereocenters. The van der Waals surface area contributed by atoms with Crippen molar-refractivity contribution in [1.82, 2.24) is 6.15 Å². The van der Waals surface area contributed by atoms with Crippen molar-refractivity contribution in [2.24, 2.45) is 0 Å². The minimum absolute atomic E-state index is 0. The summed E-state index contributed by atoms with van der Waals surface area (Å²) in [4.78, 5) is 0. The van der Waals surface area contributed by atoms with E-state index in [4.69, 9.17) is 0 Å². The Morgan fingerprint density at radius 1 is 0.611 bits per heavy atom. The second kappa shape index (κ2) is 5.34. The van der Waals surface area contributed by atoms with Crippen LogP contribution >= 0.6 is 0 Å². The maximum atomic E-state index is 3.45. The smallest absolute Gasteiger partial charge is 0.0463 e. The van der Waals surface area contributed by atoms with E-state index in [0.29, 0.717) is 0 Å². The lowest BCUT2D eigenvalue weighted by Gasteiger charge is -2.09. The Bertz CT molecular complexity index is 627. The fourth-order valence-corrected chi connectivity index (χ4v) is 2.01. The van der Waals surface area contributed by atoms with Crippen LogP contribution in [0.3, 0.4) is 0 Å². The van der Waals surface area contributed by atoms with Gasteiger partial charge in [-0.3, -0.25) is 0 Å². The summed E-state index contributed by atoms with van der Waals surface area (Å²) in [7, 11) is 0. The lowest BCUT2D eigenvalue weighted by molar-refractivity contribution is 1.58. The van der Waals surface area contributed by atoms with Crippen LogP contribution in [0.1, 0.15) is 0 Å². The number of hydrogen-bond donors (Lipinski definition) is 2. The zero-order chi connectivity index (χ0) is 11.5. The van der Waals surface area contributed by atoms with Crippen molar-refractivity contribution in [2.75, 3.05) is 5.32 Å². The number of anilines is 2. The van der Waals surface area contributed by atoms with Gasteiger partial charge in [0.05, 0.1) is 0 Å². The average molecular weight is 236 g/mol. The molecule has 0 aliphatic heterocycles. The number of para-hydroxylation sites is 1. The Kier molecular flexibility index (Phi) is 3.60. The monoisotopic (exact) mass is 236 g/mol. The van der Waals surface area contributed by atoms with Crippen LogP contribution in [0.15, 0.2) is 72.8 Å². The largest absolute Gasteiger partial charge is 0.355 e. The minimum Gasteiger partial charge on any atom is -0.355 e. The fourth-order valence-electron chi connectivity index (χ4n) is 2.01. The molecule has 2 nitrogen and oxygen atoms in total. The average Bonchev–Trinajstić information content (AvgIpc) is 2.40. The van der Waals surface area contributed by atoms with Gasteiger partial charge < -0.3 is 11.5 Å².